The molecule has 1 fully saturated rings. The lowest BCUT2D eigenvalue weighted by atomic mass is 10.1. The van der Waals surface area contributed by atoms with Gasteiger partial charge in [0.15, 0.2) is 0 Å². The van der Waals surface area contributed by atoms with Crippen LogP contribution >= 0.6 is 0 Å². The summed E-state index contributed by atoms with van der Waals surface area (Å²) in [4.78, 5) is 0. The maximum atomic E-state index is 8.95. The van der Waals surface area contributed by atoms with E-state index in [1.165, 1.54) is 6.26 Å². The molecule has 0 aromatic rings. The minimum absolute atomic E-state index is 0.168. The van der Waals surface area contributed by atoms with Gasteiger partial charge in [-0.05, 0) is 13.0 Å². The van der Waals surface area contributed by atoms with Crippen molar-refractivity contribution in [1.82, 2.24) is 0 Å². The van der Waals surface area contributed by atoms with Crippen LogP contribution in [0.5, 0.6) is 0 Å². The Morgan fingerprint density at radius 2 is 2.00 bits per heavy atom. The van der Waals surface area contributed by atoms with E-state index in [0.717, 1.165) is 31.6 Å². The quantitative estimate of drug-likeness (QED) is 0.424. The van der Waals surface area contributed by atoms with E-state index in [9.17, 15) is 0 Å². The predicted molar refractivity (Wildman–Crippen MR) is 71.7 cm³/mol. The third-order valence-electron chi connectivity index (χ3n) is 2.45. The molecule has 1 aliphatic heterocycles. The highest BCUT2D eigenvalue weighted by Crippen LogP contribution is 2.12. The normalized spacial score (nSPS) is 18.1. The summed E-state index contributed by atoms with van der Waals surface area (Å²) in [5.74, 6) is 0. The Morgan fingerprint density at radius 3 is 2.61 bits per heavy atom. The maximum absolute atomic E-state index is 8.95. The Hall–Kier alpha value is -1.79. The molecule has 1 rings (SSSR count). The van der Waals surface area contributed by atoms with Crippen LogP contribution in [0.4, 0.5) is 0 Å². The molecular formula is C15H19NO2. The van der Waals surface area contributed by atoms with Crippen LogP contribution in [0.15, 0.2) is 48.3 Å². The van der Waals surface area contributed by atoms with Crippen molar-refractivity contribution in [2.75, 3.05) is 13.2 Å². The van der Waals surface area contributed by atoms with Crippen LogP contribution in [0, 0.1) is 11.3 Å². The summed E-state index contributed by atoms with van der Waals surface area (Å²) < 4.78 is 10.8. The zero-order valence-electron chi connectivity index (χ0n) is 10.8. The number of allylic oxidation sites excluding steroid dienone is 6. The van der Waals surface area contributed by atoms with Crippen molar-refractivity contribution in [3.05, 3.63) is 48.3 Å². The summed E-state index contributed by atoms with van der Waals surface area (Å²) in [5.41, 5.74) is 1.48. The van der Waals surface area contributed by atoms with E-state index in [4.69, 9.17) is 14.7 Å². The molecule has 0 N–H and O–H groups in total. The molecule has 0 saturated carbocycles. The Balaban J connectivity index is 2.44. The van der Waals surface area contributed by atoms with Crippen LogP contribution in [0.2, 0.25) is 0 Å². The van der Waals surface area contributed by atoms with Gasteiger partial charge in [0.05, 0.1) is 18.8 Å². The fourth-order valence-electron chi connectivity index (χ4n) is 1.46. The van der Waals surface area contributed by atoms with Gasteiger partial charge in [-0.3, -0.25) is 0 Å². The van der Waals surface area contributed by atoms with Crippen LogP contribution in [0.1, 0.15) is 19.8 Å². The third-order valence-corrected chi connectivity index (χ3v) is 2.45. The van der Waals surface area contributed by atoms with Crippen molar-refractivity contribution in [1.29, 1.82) is 5.26 Å². The van der Waals surface area contributed by atoms with Crippen LogP contribution in [-0.4, -0.2) is 19.3 Å². The molecule has 3 nitrogen and oxygen atoms in total. The molecule has 18 heavy (non-hydrogen) atoms. The number of ether oxygens (including phenoxy) is 2. The minimum Gasteiger partial charge on any atom is -0.496 e. The maximum Gasteiger partial charge on any atom is 0.102 e. The number of rotatable bonds is 5. The standard InChI is InChI=1S/C15H19NO2/c1-13(2)5-3-4-6-14(11-16)12-18-15-7-9-17-10-8-15/h3-6,12,15H,1,7-10H2,2H3/b5-3+,6-4+,14-12-. The number of nitrogens with zero attached hydrogens (tertiary/aromatic N) is 1. The van der Waals surface area contributed by atoms with Gasteiger partial charge in [0.2, 0.25) is 0 Å². The topological polar surface area (TPSA) is 42.2 Å². The lowest BCUT2D eigenvalue weighted by molar-refractivity contribution is 0.00574. The van der Waals surface area contributed by atoms with Crippen LogP contribution < -0.4 is 0 Å². The predicted octanol–water partition coefficient (Wildman–Crippen LogP) is 3.28. The van der Waals surface area contributed by atoms with Crippen LogP contribution in [-0.2, 0) is 9.47 Å². The smallest absolute Gasteiger partial charge is 0.102 e. The van der Waals surface area contributed by atoms with Gasteiger partial charge in [-0.2, -0.15) is 5.26 Å². The molecule has 0 unspecified atom stereocenters. The minimum atomic E-state index is 0.168. The second-order valence-electron chi connectivity index (χ2n) is 4.20. The van der Waals surface area contributed by atoms with Gasteiger partial charge in [0.1, 0.15) is 18.4 Å². The summed E-state index contributed by atoms with van der Waals surface area (Å²) in [7, 11) is 0. The van der Waals surface area contributed by atoms with Gasteiger partial charge in [0, 0.05) is 12.8 Å². The van der Waals surface area contributed by atoms with Crippen molar-refractivity contribution in [3.63, 3.8) is 0 Å². The van der Waals surface area contributed by atoms with Crippen LogP contribution in [0.25, 0.3) is 0 Å². The Labute approximate surface area is 109 Å². The fraction of sp³-hybridized carbons (Fsp3) is 0.400. The van der Waals surface area contributed by atoms with Crippen molar-refractivity contribution in [2.24, 2.45) is 0 Å². The Bertz CT molecular complexity index is 393. The zero-order valence-corrected chi connectivity index (χ0v) is 10.8. The van der Waals surface area contributed by atoms with E-state index in [-0.39, 0.29) is 6.10 Å². The third kappa shape index (κ3) is 6.07. The molecular weight excluding hydrogens is 226 g/mol. The number of hydrogen-bond acceptors (Lipinski definition) is 3. The SMILES string of the molecule is C=C(C)/C=C/C=C/C(C#N)=C/OC1CCOCC1. The first kappa shape index (κ1) is 14.3. The molecule has 0 radical (unpaired) electrons. The molecule has 0 spiro atoms. The molecule has 1 saturated heterocycles. The van der Waals surface area contributed by atoms with Crippen molar-refractivity contribution >= 4 is 0 Å². The lowest BCUT2D eigenvalue weighted by Crippen LogP contribution is -2.21. The van der Waals surface area contributed by atoms with E-state index < -0.39 is 0 Å². The van der Waals surface area contributed by atoms with E-state index >= 15 is 0 Å². The molecule has 0 atom stereocenters. The Morgan fingerprint density at radius 1 is 1.33 bits per heavy atom. The van der Waals surface area contributed by atoms with Crippen LogP contribution in [0.3, 0.4) is 0 Å². The van der Waals surface area contributed by atoms with Crippen molar-refractivity contribution < 1.29 is 9.47 Å². The molecule has 1 aliphatic rings. The van der Waals surface area contributed by atoms with E-state index in [0.29, 0.717) is 5.57 Å². The summed E-state index contributed by atoms with van der Waals surface area (Å²) in [6.07, 6.45) is 10.7. The molecule has 0 aromatic heterocycles. The number of nitriles is 1. The van der Waals surface area contributed by atoms with Gasteiger partial charge in [-0.15, -0.1) is 0 Å². The van der Waals surface area contributed by atoms with Crippen molar-refractivity contribution in [2.45, 2.75) is 25.9 Å². The fourth-order valence-corrected chi connectivity index (χ4v) is 1.46. The summed E-state index contributed by atoms with van der Waals surface area (Å²) in [6.45, 7) is 7.14. The Kier molecular flexibility index (Phi) is 6.60. The second-order valence-corrected chi connectivity index (χ2v) is 4.20. The van der Waals surface area contributed by atoms with E-state index in [1.807, 2.05) is 19.1 Å². The molecule has 1 heterocycles. The first-order valence-electron chi connectivity index (χ1n) is 6.06. The molecule has 0 aliphatic carbocycles. The monoisotopic (exact) mass is 245 g/mol. The average Bonchev–Trinajstić information content (AvgIpc) is 2.39. The molecule has 0 aromatic carbocycles. The highest BCUT2D eigenvalue weighted by atomic mass is 16.5. The summed E-state index contributed by atoms with van der Waals surface area (Å²) in [6, 6.07) is 2.09. The van der Waals surface area contributed by atoms with E-state index in [2.05, 4.69) is 12.6 Å². The van der Waals surface area contributed by atoms with Gasteiger partial charge in [0.25, 0.3) is 0 Å². The molecule has 3 heteroatoms. The number of hydrogen-bond donors (Lipinski definition) is 0. The zero-order chi connectivity index (χ0) is 13.2. The lowest BCUT2D eigenvalue weighted by Gasteiger charge is -2.21. The largest absolute Gasteiger partial charge is 0.496 e. The highest BCUT2D eigenvalue weighted by molar-refractivity contribution is 5.33. The van der Waals surface area contributed by atoms with Gasteiger partial charge >= 0.3 is 0 Å². The highest BCUT2D eigenvalue weighted by Gasteiger charge is 2.13. The molecule has 0 bridgehead atoms. The van der Waals surface area contributed by atoms with Crippen molar-refractivity contribution in [3.8, 4) is 6.07 Å². The summed E-state index contributed by atoms with van der Waals surface area (Å²) >= 11 is 0. The van der Waals surface area contributed by atoms with Gasteiger partial charge in [-0.25, -0.2) is 0 Å². The van der Waals surface area contributed by atoms with E-state index in [1.54, 1.807) is 12.2 Å². The molecule has 0 amide bonds. The van der Waals surface area contributed by atoms with Gasteiger partial charge in [-0.1, -0.05) is 30.4 Å². The first-order chi connectivity index (χ1) is 8.72. The molecule has 96 valence electrons. The van der Waals surface area contributed by atoms with Gasteiger partial charge < -0.3 is 9.47 Å². The first-order valence-corrected chi connectivity index (χ1v) is 6.06. The second kappa shape index (κ2) is 8.32. The summed E-state index contributed by atoms with van der Waals surface area (Å²) in [5, 5.41) is 8.95. The average molecular weight is 245 g/mol.